The molecule has 0 aliphatic carbocycles. The van der Waals surface area contributed by atoms with Crippen LogP contribution in [0.25, 0.3) is 0 Å². The van der Waals surface area contributed by atoms with Crippen LogP contribution in [0.1, 0.15) is 11.7 Å². The molecule has 0 bridgehead atoms. The molecule has 142 valence electrons. The first kappa shape index (κ1) is 18.8. The van der Waals surface area contributed by atoms with Gasteiger partial charge in [0.05, 0.1) is 6.54 Å². The summed E-state index contributed by atoms with van der Waals surface area (Å²) in [7, 11) is 1.90. The van der Waals surface area contributed by atoms with Crippen LogP contribution >= 0.6 is 0 Å². The lowest BCUT2D eigenvalue weighted by atomic mass is 10.3. The summed E-state index contributed by atoms with van der Waals surface area (Å²) in [5.74, 6) is 1.38. The van der Waals surface area contributed by atoms with E-state index in [0.717, 1.165) is 0 Å². The number of rotatable bonds is 9. The second-order valence-electron chi connectivity index (χ2n) is 5.89. The Balaban J connectivity index is 1.40. The van der Waals surface area contributed by atoms with Gasteiger partial charge in [-0.3, -0.25) is 4.90 Å². The Morgan fingerprint density at radius 2 is 1.52 bits per heavy atom. The van der Waals surface area contributed by atoms with Gasteiger partial charge in [0.25, 0.3) is 0 Å². The maximum absolute atomic E-state index is 12.9. The molecular formula is C19H19F2N3O3. The maximum Gasteiger partial charge on any atom is 0.240 e. The molecule has 27 heavy (non-hydrogen) atoms. The molecule has 0 unspecified atom stereocenters. The molecule has 2 aromatic carbocycles. The first-order chi connectivity index (χ1) is 13.1. The Morgan fingerprint density at radius 1 is 0.926 bits per heavy atom. The quantitative estimate of drug-likeness (QED) is 0.571. The molecular weight excluding hydrogens is 356 g/mol. The lowest BCUT2D eigenvalue weighted by Crippen LogP contribution is -2.24. The molecule has 0 fully saturated rings. The fraction of sp³-hybridized carbons (Fsp3) is 0.263. The second-order valence-corrected chi connectivity index (χ2v) is 5.89. The second kappa shape index (κ2) is 9.09. The maximum atomic E-state index is 12.9. The summed E-state index contributed by atoms with van der Waals surface area (Å²) in [6.45, 7) is 1.65. The molecule has 1 heterocycles. The molecule has 8 heteroatoms. The van der Waals surface area contributed by atoms with E-state index in [0.29, 0.717) is 42.9 Å². The van der Waals surface area contributed by atoms with E-state index in [1.165, 1.54) is 36.4 Å². The topological polar surface area (TPSA) is 60.6 Å². The van der Waals surface area contributed by atoms with E-state index < -0.39 is 0 Å². The number of benzene rings is 2. The molecule has 0 N–H and O–H groups in total. The van der Waals surface area contributed by atoms with Crippen molar-refractivity contribution < 1.29 is 22.8 Å². The predicted octanol–water partition coefficient (Wildman–Crippen LogP) is 3.44. The van der Waals surface area contributed by atoms with Crippen molar-refractivity contribution in [3.63, 3.8) is 0 Å². The Kier molecular flexibility index (Phi) is 6.32. The van der Waals surface area contributed by atoms with Crippen LogP contribution in [0.3, 0.4) is 0 Å². The molecule has 0 amide bonds. The molecule has 6 nitrogen and oxygen atoms in total. The minimum atomic E-state index is -0.323. The van der Waals surface area contributed by atoms with Crippen molar-refractivity contribution >= 4 is 0 Å². The molecule has 3 aromatic rings. The summed E-state index contributed by atoms with van der Waals surface area (Å²) in [5, 5.41) is 3.86. The number of halogens is 2. The van der Waals surface area contributed by atoms with Crippen LogP contribution in [0.15, 0.2) is 53.1 Å². The van der Waals surface area contributed by atoms with Crippen LogP contribution in [-0.2, 0) is 13.2 Å². The van der Waals surface area contributed by atoms with Crippen LogP contribution < -0.4 is 9.47 Å². The molecule has 0 spiro atoms. The zero-order valence-corrected chi connectivity index (χ0v) is 14.8. The SMILES string of the molecule is CN(CCOc1ccc(F)cc1)Cc1nc(COc2ccc(F)cc2)no1. The van der Waals surface area contributed by atoms with Crippen LogP contribution in [0.2, 0.25) is 0 Å². The highest BCUT2D eigenvalue weighted by atomic mass is 19.1. The number of hydrogen-bond acceptors (Lipinski definition) is 6. The number of hydrogen-bond donors (Lipinski definition) is 0. The van der Waals surface area contributed by atoms with Gasteiger partial charge in [-0.2, -0.15) is 4.98 Å². The van der Waals surface area contributed by atoms with E-state index in [1.54, 1.807) is 12.1 Å². The number of nitrogens with zero attached hydrogens (tertiary/aromatic N) is 3. The molecule has 0 atom stereocenters. The number of ether oxygens (including phenoxy) is 2. The molecule has 0 aliphatic heterocycles. The van der Waals surface area contributed by atoms with E-state index in [2.05, 4.69) is 10.1 Å². The van der Waals surface area contributed by atoms with Crippen molar-refractivity contribution in [1.29, 1.82) is 0 Å². The van der Waals surface area contributed by atoms with Crippen LogP contribution in [0.4, 0.5) is 8.78 Å². The van der Waals surface area contributed by atoms with E-state index in [1.807, 2.05) is 11.9 Å². The zero-order valence-electron chi connectivity index (χ0n) is 14.8. The third-order valence-electron chi connectivity index (χ3n) is 3.65. The summed E-state index contributed by atoms with van der Waals surface area (Å²) >= 11 is 0. The predicted molar refractivity (Wildman–Crippen MR) is 93.3 cm³/mol. The van der Waals surface area contributed by atoms with Gasteiger partial charge in [-0.05, 0) is 55.6 Å². The molecule has 0 aliphatic rings. The van der Waals surface area contributed by atoms with Gasteiger partial charge in [-0.1, -0.05) is 5.16 Å². The van der Waals surface area contributed by atoms with Crippen molar-refractivity contribution in [2.75, 3.05) is 20.2 Å². The Labute approximate surface area is 155 Å². The van der Waals surface area contributed by atoms with Gasteiger partial charge in [0.1, 0.15) is 29.7 Å². The normalized spacial score (nSPS) is 11.0. The van der Waals surface area contributed by atoms with Gasteiger partial charge in [0.2, 0.25) is 11.7 Å². The van der Waals surface area contributed by atoms with E-state index >= 15 is 0 Å². The van der Waals surface area contributed by atoms with Gasteiger partial charge in [-0.25, -0.2) is 8.78 Å². The van der Waals surface area contributed by atoms with Crippen LogP contribution in [0.5, 0.6) is 11.5 Å². The third-order valence-corrected chi connectivity index (χ3v) is 3.65. The van der Waals surface area contributed by atoms with Crippen molar-refractivity contribution in [2.24, 2.45) is 0 Å². The monoisotopic (exact) mass is 375 g/mol. The van der Waals surface area contributed by atoms with Gasteiger partial charge >= 0.3 is 0 Å². The fourth-order valence-corrected chi connectivity index (χ4v) is 2.25. The Hall–Kier alpha value is -3.00. The van der Waals surface area contributed by atoms with E-state index in [-0.39, 0.29) is 18.2 Å². The van der Waals surface area contributed by atoms with Crippen LogP contribution in [0, 0.1) is 11.6 Å². The van der Waals surface area contributed by atoms with Crippen molar-refractivity contribution in [3.8, 4) is 11.5 Å². The number of aromatic nitrogens is 2. The molecule has 0 saturated heterocycles. The lowest BCUT2D eigenvalue weighted by Gasteiger charge is -2.14. The van der Waals surface area contributed by atoms with E-state index in [9.17, 15) is 8.78 Å². The minimum Gasteiger partial charge on any atom is -0.492 e. The molecule has 3 rings (SSSR count). The highest BCUT2D eigenvalue weighted by Crippen LogP contribution is 2.13. The lowest BCUT2D eigenvalue weighted by molar-refractivity contribution is 0.212. The summed E-state index contributed by atoms with van der Waals surface area (Å²) < 4.78 is 41.9. The molecule has 0 saturated carbocycles. The van der Waals surface area contributed by atoms with Crippen molar-refractivity contribution in [1.82, 2.24) is 15.0 Å². The average molecular weight is 375 g/mol. The summed E-state index contributed by atoms with van der Waals surface area (Å²) in [6, 6.07) is 11.6. The Bertz CT molecular complexity index is 838. The third kappa shape index (κ3) is 6.03. The first-order valence-corrected chi connectivity index (χ1v) is 8.35. The number of likely N-dealkylation sites (N-methyl/N-ethyl adjacent to an activating group) is 1. The van der Waals surface area contributed by atoms with Gasteiger partial charge < -0.3 is 14.0 Å². The van der Waals surface area contributed by atoms with Gasteiger partial charge in [-0.15, -0.1) is 0 Å². The standard InChI is InChI=1S/C19H19F2N3O3/c1-24(10-11-25-16-6-2-14(20)3-7-16)12-19-22-18(23-27-19)13-26-17-8-4-15(21)5-9-17/h2-9H,10-13H2,1H3. The zero-order chi connectivity index (χ0) is 19.1. The highest BCUT2D eigenvalue weighted by molar-refractivity contribution is 5.22. The van der Waals surface area contributed by atoms with Crippen LogP contribution in [-0.4, -0.2) is 35.2 Å². The van der Waals surface area contributed by atoms with Crippen molar-refractivity contribution in [2.45, 2.75) is 13.2 Å². The summed E-state index contributed by atoms with van der Waals surface area (Å²) in [5.41, 5.74) is 0. The highest BCUT2D eigenvalue weighted by Gasteiger charge is 2.10. The van der Waals surface area contributed by atoms with Gasteiger partial charge in [0, 0.05) is 6.54 Å². The fourth-order valence-electron chi connectivity index (χ4n) is 2.25. The van der Waals surface area contributed by atoms with E-state index in [4.69, 9.17) is 14.0 Å². The molecule has 1 aromatic heterocycles. The average Bonchev–Trinajstić information content (AvgIpc) is 3.10. The van der Waals surface area contributed by atoms with Gasteiger partial charge in [0.15, 0.2) is 6.61 Å². The largest absolute Gasteiger partial charge is 0.492 e. The summed E-state index contributed by atoms with van der Waals surface area (Å²) in [4.78, 5) is 6.22. The van der Waals surface area contributed by atoms with Crippen molar-refractivity contribution in [3.05, 3.63) is 71.9 Å². The first-order valence-electron chi connectivity index (χ1n) is 8.35. The minimum absolute atomic E-state index is 0.131. The molecule has 0 radical (unpaired) electrons. The Morgan fingerprint density at radius 3 is 2.15 bits per heavy atom. The summed E-state index contributed by atoms with van der Waals surface area (Å²) in [6.07, 6.45) is 0. The smallest absolute Gasteiger partial charge is 0.240 e.